The highest BCUT2D eigenvalue weighted by Crippen LogP contribution is 1.74. The maximum Gasteiger partial charge on any atom is 0.332 e. The van der Waals surface area contributed by atoms with Gasteiger partial charge in [-0.2, -0.15) is 0 Å². The van der Waals surface area contributed by atoms with Gasteiger partial charge in [-0.25, -0.2) is 9.63 Å². The summed E-state index contributed by atoms with van der Waals surface area (Å²) in [6.07, 6.45) is 0. The Labute approximate surface area is 44.4 Å². The first-order valence-electron chi connectivity index (χ1n) is 1.65. The van der Waals surface area contributed by atoms with Gasteiger partial charge in [-0.05, 0) is 0 Å². The number of aliphatic carboxylic acids is 1. The van der Waals surface area contributed by atoms with Gasteiger partial charge in [0.2, 0.25) is 0 Å². The second-order valence-electron chi connectivity index (χ2n) is 0.920. The molecular weight excluding hydrogens is 118 g/mol. The van der Waals surface area contributed by atoms with Gasteiger partial charge in [-0.15, -0.1) is 0 Å². The molecule has 48 valence electrons. The summed E-state index contributed by atoms with van der Waals surface area (Å²) < 4.78 is 0. The van der Waals surface area contributed by atoms with E-state index in [4.69, 9.17) is 15.5 Å². The number of carbonyl (C=O) groups is 1. The molecule has 0 aromatic carbocycles. The van der Waals surface area contributed by atoms with Gasteiger partial charge in [-0.3, -0.25) is 10.4 Å². The summed E-state index contributed by atoms with van der Waals surface area (Å²) in [5.41, 5.74) is 0. The monoisotopic (exact) mass is 123 g/mol. The van der Waals surface area contributed by atoms with E-state index >= 15 is 0 Å². The standard InChI is InChI=1S/C2H5NO5/c4-2(5)1-8-3(6)7/h6-7H,1H2,(H,4,5). The number of hydrogen-bond donors (Lipinski definition) is 3. The van der Waals surface area contributed by atoms with Gasteiger partial charge < -0.3 is 5.11 Å². The zero-order valence-electron chi connectivity index (χ0n) is 3.81. The Bertz CT molecular complexity index is 80.5. The average Bonchev–Trinajstić information content (AvgIpc) is 1.61. The third kappa shape index (κ3) is 5.31. The lowest BCUT2D eigenvalue weighted by Gasteiger charge is -2.00. The van der Waals surface area contributed by atoms with Gasteiger partial charge in [0.1, 0.15) is 0 Å². The molecule has 0 aliphatic rings. The van der Waals surface area contributed by atoms with Crippen LogP contribution in [0.4, 0.5) is 0 Å². The van der Waals surface area contributed by atoms with E-state index in [-0.39, 0.29) is 0 Å². The Balaban J connectivity index is 3.05. The lowest BCUT2D eigenvalue weighted by atomic mass is 10.8. The van der Waals surface area contributed by atoms with Crippen LogP contribution >= 0.6 is 0 Å². The van der Waals surface area contributed by atoms with Crippen molar-refractivity contribution in [1.82, 2.24) is 5.39 Å². The molecule has 6 heteroatoms. The Morgan fingerprint density at radius 3 is 2.25 bits per heavy atom. The Kier molecular flexibility index (Phi) is 3.04. The van der Waals surface area contributed by atoms with Crippen molar-refractivity contribution in [3.8, 4) is 0 Å². The Morgan fingerprint density at radius 1 is 1.62 bits per heavy atom. The largest absolute Gasteiger partial charge is 0.479 e. The highest BCUT2D eigenvalue weighted by atomic mass is 17.1. The van der Waals surface area contributed by atoms with Crippen LogP contribution in [-0.2, 0) is 9.63 Å². The van der Waals surface area contributed by atoms with Gasteiger partial charge in [0.15, 0.2) is 6.61 Å². The van der Waals surface area contributed by atoms with E-state index in [2.05, 4.69) is 4.84 Å². The molecule has 0 amide bonds. The van der Waals surface area contributed by atoms with Crippen LogP contribution in [0.2, 0.25) is 0 Å². The maximum atomic E-state index is 9.53. The Hall–Kier alpha value is -0.690. The lowest BCUT2D eigenvalue weighted by Crippen LogP contribution is -2.19. The average molecular weight is 123 g/mol. The SMILES string of the molecule is O=C(O)CON(O)O. The fraction of sp³-hybridized carbons (Fsp3) is 0.500. The molecule has 0 saturated carbocycles. The van der Waals surface area contributed by atoms with Crippen molar-refractivity contribution in [2.24, 2.45) is 0 Å². The summed E-state index contributed by atoms with van der Waals surface area (Å²) in [5, 5.41) is 22.5. The molecular formula is C2H5NO5. The highest BCUT2D eigenvalue weighted by Gasteiger charge is 1.98. The second kappa shape index (κ2) is 3.33. The zero-order chi connectivity index (χ0) is 6.57. The maximum absolute atomic E-state index is 9.53. The zero-order valence-corrected chi connectivity index (χ0v) is 3.81. The normalized spacial score (nSPS) is 9.88. The van der Waals surface area contributed by atoms with Gasteiger partial charge >= 0.3 is 5.97 Å². The van der Waals surface area contributed by atoms with Crippen molar-refractivity contribution in [3.05, 3.63) is 0 Å². The van der Waals surface area contributed by atoms with Gasteiger partial charge in [0, 0.05) is 0 Å². The molecule has 0 aromatic rings. The van der Waals surface area contributed by atoms with Crippen molar-refractivity contribution in [2.75, 3.05) is 6.61 Å². The van der Waals surface area contributed by atoms with E-state index in [0.29, 0.717) is 0 Å². The number of hydrogen-bond acceptors (Lipinski definition) is 5. The van der Waals surface area contributed by atoms with Crippen LogP contribution in [0, 0.1) is 0 Å². The minimum atomic E-state index is -1.28. The second-order valence-corrected chi connectivity index (χ2v) is 0.920. The fourth-order valence-electron chi connectivity index (χ4n) is 0.113. The predicted octanol–water partition coefficient (Wildman–Crippen LogP) is -0.917. The van der Waals surface area contributed by atoms with E-state index in [1.54, 1.807) is 0 Å². The molecule has 0 atom stereocenters. The molecule has 0 aliphatic carbocycles. The van der Waals surface area contributed by atoms with Crippen LogP contribution in [0.3, 0.4) is 0 Å². The molecule has 3 N–H and O–H groups in total. The first-order valence-corrected chi connectivity index (χ1v) is 1.65. The molecule has 0 spiro atoms. The molecule has 0 heterocycles. The molecule has 0 saturated heterocycles. The summed E-state index contributed by atoms with van der Waals surface area (Å²) in [5.74, 6) is -1.28. The molecule has 0 bridgehead atoms. The van der Waals surface area contributed by atoms with Crippen LogP contribution in [0.25, 0.3) is 0 Å². The summed E-state index contributed by atoms with van der Waals surface area (Å²) in [4.78, 5) is 13.2. The topological polar surface area (TPSA) is 90.2 Å². The molecule has 0 fully saturated rings. The third-order valence-corrected chi connectivity index (χ3v) is 0.303. The van der Waals surface area contributed by atoms with Crippen molar-refractivity contribution in [2.45, 2.75) is 0 Å². The molecule has 0 radical (unpaired) electrons. The quantitative estimate of drug-likeness (QED) is 0.420. The minimum absolute atomic E-state index is 0.659. The summed E-state index contributed by atoms with van der Waals surface area (Å²) in [6, 6.07) is 0. The first kappa shape index (κ1) is 7.31. The third-order valence-electron chi connectivity index (χ3n) is 0.303. The van der Waals surface area contributed by atoms with E-state index in [9.17, 15) is 4.79 Å². The van der Waals surface area contributed by atoms with Crippen LogP contribution in [-0.4, -0.2) is 33.5 Å². The smallest absolute Gasteiger partial charge is 0.332 e. The van der Waals surface area contributed by atoms with Gasteiger partial charge in [-0.1, -0.05) is 0 Å². The number of rotatable bonds is 3. The minimum Gasteiger partial charge on any atom is -0.479 e. The fourth-order valence-corrected chi connectivity index (χ4v) is 0.113. The summed E-state index contributed by atoms with van der Waals surface area (Å²) in [7, 11) is 0. The van der Waals surface area contributed by atoms with E-state index < -0.39 is 18.0 Å². The number of carboxylic acid groups (broad SMARTS) is 1. The summed E-state index contributed by atoms with van der Waals surface area (Å²) >= 11 is 0. The Morgan fingerprint density at radius 2 is 2.12 bits per heavy atom. The van der Waals surface area contributed by atoms with Gasteiger partial charge in [0.05, 0.1) is 5.39 Å². The van der Waals surface area contributed by atoms with E-state index in [1.807, 2.05) is 0 Å². The van der Waals surface area contributed by atoms with Crippen molar-refractivity contribution in [1.29, 1.82) is 0 Å². The molecule has 0 aliphatic heterocycles. The highest BCUT2D eigenvalue weighted by molar-refractivity contribution is 5.67. The van der Waals surface area contributed by atoms with Crippen LogP contribution in [0.15, 0.2) is 0 Å². The van der Waals surface area contributed by atoms with E-state index in [0.717, 1.165) is 0 Å². The molecule has 0 unspecified atom stereocenters. The molecule has 8 heavy (non-hydrogen) atoms. The van der Waals surface area contributed by atoms with Crippen molar-refractivity contribution < 1.29 is 25.2 Å². The van der Waals surface area contributed by atoms with Crippen molar-refractivity contribution in [3.63, 3.8) is 0 Å². The van der Waals surface area contributed by atoms with Crippen LogP contribution in [0.1, 0.15) is 0 Å². The molecule has 0 rings (SSSR count). The van der Waals surface area contributed by atoms with Crippen molar-refractivity contribution >= 4 is 5.97 Å². The van der Waals surface area contributed by atoms with Crippen LogP contribution in [0.5, 0.6) is 0 Å². The van der Waals surface area contributed by atoms with Crippen LogP contribution < -0.4 is 0 Å². The molecule has 0 aromatic heterocycles. The lowest BCUT2D eigenvalue weighted by molar-refractivity contribution is -0.489. The first-order chi connectivity index (χ1) is 3.63. The molecule has 6 nitrogen and oxygen atoms in total. The number of nitrogens with zero attached hydrogens (tertiary/aromatic N) is 1. The predicted molar refractivity (Wildman–Crippen MR) is 19.0 cm³/mol. The van der Waals surface area contributed by atoms with Gasteiger partial charge in [0.25, 0.3) is 0 Å². The number of carboxylic acids is 1. The summed E-state index contributed by atoms with van der Waals surface area (Å²) in [6.45, 7) is -0.771. The van der Waals surface area contributed by atoms with E-state index in [1.165, 1.54) is 0 Å².